The van der Waals surface area contributed by atoms with Gasteiger partial charge in [-0.3, -0.25) is 9.59 Å². The van der Waals surface area contributed by atoms with Crippen molar-refractivity contribution in [1.82, 2.24) is 5.32 Å². The highest BCUT2D eigenvalue weighted by atomic mass is 16.5. The average molecular weight is 330 g/mol. The first-order chi connectivity index (χ1) is 11.7. The van der Waals surface area contributed by atoms with E-state index in [9.17, 15) is 9.59 Å². The topological polar surface area (TPSA) is 58.6 Å². The molecule has 2 fully saturated rings. The van der Waals surface area contributed by atoms with Crippen LogP contribution in [0.15, 0.2) is 24.3 Å². The largest absolute Gasteiger partial charge is 0.494 e. The number of nitrogens with zero attached hydrogens (tertiary/aromatic N) is 1. The van der Waals surface area contributed by atoms with Gasteiger partial charge in [0.2, 0.25) is 11.8 Å². The second kappa shape index (κ2) is 7.69. The van der Waals surface area contributed by atoms with Crippen LogP contribution in [0, 0.1) is 5.92 Å². The van der Waals surface area contributed by atoms with Gasteiger partial charge in [0, 0.05) is 24.7 Å². The summed E-state index contributed by atoms with van der Waals surface area (Å²) in [5.74, 6) is 0.612. The lowest BCUT2D eigenvalue weighted by atomic mass is 10.1. The summed E-state index contributed by atoms with van der Waals surface area (Å²) in [7, 11) is 0. The van der Waals surface area contributed by atoms with Gasteiger partial charge in [0.05, 0.1) is 12.5 Å². The molecule has 1 aliphatic carbocycles. The highest BCUT2D eigenvalue weighted by molar-refractivity contribution is 6.00. The molecule has 1 aromatic rings. The molecule has 3 rings (SSSR count). The number of rotatable bonds is 6. The van der Waals surface area contributed by atoms with Crippen LogP contribution in [0.3, 0.4) is 0 Å². The highest BCUT2D eigenvalue weighted by Crippen LogP contribution is 2.27. The molecule has 1 saturated heterocycles. The molecule has 0 aromatic heterocycles. The van der Waals surface area contributed by atoms with Crippen molar-refractivity contribution in [3.63, 3.8) is 0 Å². The third-order valence-corrected chi connectivity index (χ3v) is 4.82. The SMILES string of the molecule is CCCOc1ccc(N2CC(C(=O)NC3CCCC3)CC2=O)cc1. The van der Waals surface area contributed by atoms with Crippen molar-refractivity contribution in [3.8, 4) is 5.75 Å². The molecule has 0 spiro atoms. The van der Waals surface area contributed by atoms with Crippen LogP contribution in [-0.4, -0.2) is 31.0 Å². The average Bonchev–Trinajstić information content (AvgIpc) is 3.23. The van der Waals surface area contributed by atoms with Crippen molar-refractivity contribution < 1.29 is 14.3 Å². The van der Waals surface area contributed by atoms with Crippen LogP contribution in [0.5, 0.6) is 5.75 Å². The smallest absolute Gasteiger partial charge is 0.227 e. The first-order valence-corrected chi connectivity index (χ1v) is 9.01. The molecule has 0 bridgehead atoms. The van der Waals surface area contributed by atoms with E-state index in [1.807, 2.05) is 24.3 Å². The van der Waals surface area contributed by atoms with Crippen molar-refractivity contribution in [2.45, 2.75) is 51.5 Å². The lowest BCUT2D eigenvalue weighted by Crippen LogP contribution is -2.38. The standard InChI is InChI=1S/C19H26N2O3/c1-2-11-24-17-9-7-16(8-10-17)21-13-14(12-18(21)22)19(23)20-15-5-3-4-6-15/h7-10,14-15H,2-6,11-13H2,1H3,(H,20,23). The number of carbonyl (C=O) groups is 2. The molecular weight excluding hydrogens is 304 g/mol. The number of hydrogen-bond donors (Lipinski definition) is 1. The molecule has 1 unspecified atom stereocenters. The van der Waals surface area contributed by atoms with Gasteiger partial charge in [-0.25, -0.2) is 0 Å². The number of nitrogens with one attached hydrogen (secondary N) is 1. The number of ether oxygens (including phenoxy) is 1. The fraction of sp³-hybridized carbons (Fsp3) is 0.579. The van der Waals surface area contributed by atoms with E-state index in [4.69, 9.17) is 4.74 Å². The Morgan fingerprint density at radius 3 is 2.62 bits per heavy atom. The van der Waals surface area contributed by atoms with E-state index in [1.165, 1.54) is 12.8 Å². The molecule has 1 atom stereocenters. The van der Waals surface area contributed by atoms with Crippen LogP contribution in [0.4, 0.5) is 5.69 Å². The van der Waals surface area contributed by atoms with Gasteiger partial charge in [-0.1, -0.05) is 19.8 Å². The van der Waals surface area contributed by atoms with Gasteiger partial charge in [0.15, 0.2) is 0 Å². The molecule has 130 valence electrons. The number of carbonyl (C=O) groups excluding carboxylic acids is 2. The van der Waals surface area contributed by atoms with Crippen LogP contribution >= 0.6 is 0 Å². The molecular formula is C19H26N2O3. The van der Waals surface area contributed by atoms with E-state index in [0.717, 1.165) is 30.7 Å². The summed E-state index contributed by atoms with van der Waals surface area (Å²) in [6, 6.07) is 7.84. The Morgan fingerprint density at radius 2 is 1.96 bits per heavy atom. The quantitative estimate of drug-likeness (QED) is 0.872. The Labute approximate surface area is 143 Å². The Morgan fingerprint density at radius 1 is 1.25 bits per heavy atom. The third kappa shape index (κ3) is 3.89. The van der Waals surface area contributed by atoms with Gasteiger partial charge < -0.3 is 15.0 Å². The molecule has 1 aromatic carbocycles. The summed E-state index contributed by atoms with van der Waals surface area (Å²) in [6.07, 6.45) is 5.77. The van der Waals surface area contributed by atoms with Gasteiger partial charge >= 0.3 is 0 Å². The molecule has 2 aliphatic rings. The van der Waals surface area contributed by atoms with Gasteiger partial charge in [-0.05, 0) is 43.5 Å². The summed E-state index contributed by atoms with van der Waals surface area (Å²) in [5, 5.41) is 3.11. The maximum Gasteiger partial charge on any atom is 0.227 e. The van der Waals surface area contributed by atoms with E-state index >= 15 is 0 Å². The lowest BCUT2D eigenvalue weighted by molar-refractivity contribution is -0.126. The van der Waals surface area contributed by atoms with Crippen LogP contribution in [0.25, 0.3) is 0 Å². The predicted molar refractivity (Wildman–Crippen MR) is 93.1 cm³/mol. The zero-order valence-corrected chi connectivity index (χ0v) is 14.3. The lowest BCUT2D eigenvalue weighted by Gasteiger charge is -2.18. The third-order valence-electron chi connectivity index (χ3n) is 4.82. The number of benzene rings is 1. The summed E-state index contributed by atoms with van der Waals surface area (Å²) in [4.78, 5) is 26.4. The predicted octanol–water partition coefficient (Wildman–Crippen LogP) is 2.89. The summed E-state index contributed by atoms with van der Waals surface area (Å²) in [6.45, 7) is 3.21. The monoisotopic (exact) mass is 330 g/mol. The molecule has 1 saturated carbocycles. The molecule has 5 heteroatoms. The van der Waals surface area contributed by atoms with Crippen LogP contribution in [0.2, 0.25) is 0 Å². The van der Waals surface area contributed by atoms with Crippen LogP contribution in [-0.2, 0) is 9.59 Å². The van der Waals surface area contributed by atoms with Gasteiger partial charge in [-0.15, -0.1) is 0 Å². The summed E-state index contributed by atoms with van der Waals surface area (Å²) < 4.78 is 5.57. The second-order valence-electron chi connectivity index (χ2n) is 6.74. The maximum atomic E-state index is 12.4. The van der Waals surface area contributed by atoms with Crippen molar-refractivity contribution in [3.05, 3.63) is 24.3 Å². The zero-order valence-electron chi connectivity index (χ0n) is 14.3. The molecule has 0 radical (unpaired) electrons. The van der Waals surface area contributed by atoms with E-state index < -0.39 is 0 Å². The Bertz CT molecular complexity index is 579. The molecule has 24 heavy (non-hydrogen) atoms. The first-order valence-electron chi connectivity index (χ1n) is 9.01. The highest BCUT2D eigenvalue weighted by Gasteiger charge is 2.36. The van der Waals surface area contributed by atoms with E-state index in [2.05, 4.69) is 12.2 Å². The van der Waals surface area contributed by atoms with Crippen LogP contribution in [0.1, 0.15) is 45.4 Å². The van der Waals surface area contributed by atoms with Crippen molar-refractivity contribution in [2.75, 3.05) is 18.1 Å². The fourth-order valence-corrected chi connectivity index (χ4v) is 3.46. The van der Waals surface area contributed by atoms with E-state index in [0.29, 0.717) is 25.6 Å². The number of anilines is 1. The minimum absolute atomic E-state index is 0.0174. The molecule has 1 N–H and O–H groups in total. The van der Waals surface area contributed by atoms with Gasteiger partial charge in [0.1, 0.15) is 5.75 Å². The van der Waals surface area contributed by atoms with Crippen molar-refractivity contribution in [2.24, 2.45) is 5.92 Å². The molecule has 5 nitrogen and oxygen atoms in total. The Hall–Kier alpha value is -2.04. The van der Waals surface area contributed by atoms with E-state index in [1.54, 1.807) is 4.90 Å². The molecule has 2 amide bonds. The summed E-state index contributed by atoms with van der Waals surface area (Å²) >= 11 is 0. The number of amides is 2. The Balaban J connectivity index is 1.58. The fourth-order valence-electron chi connectivity index (χ4n) is 3.46. The van der Waals surface area contributed by atoms with Crippen molar-refractivity contribution in [1.29, 1.82) is 0 Å². The second-order valence-corrected chi connectivity index (χ2v) is 6.74. The molecule has 1 aliphatic heterocycles. The van der Waals surface area contributed by atoms with Gasteiger partial charge in [0.25, 0.3) is 0 Å². The summed E-state index contributed by atoms with van der Waals surface area (Å²) in [5.41, 5.74) is 0.833. The minimum atomic E-state index is -0.242. The number of hydrogen-bond acceptors (Lipinski definition) is 3. The zero-order chi connectivity index (χ0) is 16.9. The Kier molecular flexibility index (Phi) is 5.38. The first kappa shape index (κ1) is 16.8. The minimum Gasteiger partial charge on any atom is -0.494 e. The maximum absolute atomic E-state index is 12.4. The molecule has 1 heterocycles. The van der Waals surface area contributed by atoms with Crippen LogP contribution < -0.4 is 15.0 Å². The van der Waals surface area contributed by atoms with E-state index in [-0.39, 0.29) is 17.7 Å². The van der Waals surface area contributed by atoms with Gasteiger partial charge in [-0.2, -0.15) is 0 Å². The van der Waals surface area contributed by atoms with Crippen molar-refractivity contribution >= 4 is 17.5 Å². The normalized spacial score (nSPS) is 21.3.